The highest BCUT2D eigenvalue weighted by Crippen LogP contribution is 2.31. The number of benzene rings is 2. The molecule has 0 spiro atoms. The van der Waals surface area contributed by atoms with Crippen LogP contribution < -0.4 is 9.46 Å². The largest absolute Gasteiger partial charge is 0.455 e. The SMILES string of the molecule is O=S(=O)(Nc1ccccc1Oc1ccccc1)c1cccnc1Cl. The van der Waals surface area contributed by atoms with Gasteiger partial charge in [-0.05, 0) is 36.4 Å². The second kappa shape index (κ2) is 6.90. The molecular formula is C17H13ClN2O3S. The van der Waals surface area contributed by atoms with Crippen molar-refractivity contribution in [1.29, 1.82) is 0 Å². The Bertz CT molecular complexity index is 947. The molecule has 1 aromatic heterocycles. The van der Waals surface area contributed by atoms with E-state index in [4.69, 9.17) is 16.3 Å². The molecule has 0 radical (unpaired) electrons. The van der Waals surface area contributed by atoms with E-state index in [2.05, 4.69) is 9.71 Å². The number of anilines is 1. The summed E-state index contributed by atoms with van der Waals surface area (Å²) in [6.07, 6.45) is 1.42. The van der Waals surface area contributed by atoms with Gasteiger partial charge in [0.15, 0.2) is 5.75 Å². The molecule has 0 bridgehead atoms. The molecule has 0 unspecified atom stereocenters. The monoisotopic (exact) mass is 360 g/mol. The molecule has 0 fully saturated rings. The number of ether oxygens (including phenoxy) is 1. The average molecular weight is 361 g/mol. The van der Waals surface area contributed by atoms with E-state index in [1.807, 2.05) is 18.2 Å². The third-order valence-electron chi connectivity index (χ3n) is 3.12. The quantitative estimate of drug-likeness (QED) is 0.688. The molecule has 0 amide bonds. The molecule has 0 aliphatic rings. The smallest absolute Gasteiger partial charge is 0.265 e. The second-order valence-corrected chi connectivity index (χ2v) is 6.82. The third kappa shape index (κ3) is 3.67. The fourth-order valence-electron chi connectivity index (χ4n) is 2.03. The van der Waals surface area contributed by atoms with Gasteiger partial charge >= 0.3 is 0 Å². The van der Waals surface area contributed by atoms with Crippen molar-refractivity contribution < 1.29 is 13.2 Å². The summed E-state index contributed by atoms with van der Waals surface area (Å²) in [4.78, 5) is 3.70. The van der Waals surface area contributed by atoms with Crippen molar-refractivity contribution in [3.05, 3.63) is 78.1 Å². The minimum absolute atomic E-state index is 0.0912. The van der Waals surface area contributed by atoms with Gasteiger partial charge in [-0.15, -0.1) is 0 Å². The zero-order valence-electron chi connectivity index (χ0n) is 12.4. The van der Waals surface area contributed by atoms with Gasteiger partial charge in [-0.25, -0.2) is 13.4 Å². The molecule has 5 nitrogen and oxygen atoms in total. The molecule has 0 saturated carbocycles. The van der Waals surface area contributed by atoms with Crippen LogP contribution in [0.4, 0.5) is 5.69 Å². The van der Waals surface area contributed by atoms with Gasteiger partial charge in [0.2, 0.25) is 0 Å². The average Bonchev–Trinajstić information content (AvgIpc) is 2.57. The van der Waals surface area contributed by atoms with Gasteiger partial charge in [0.05, 0.1) is 5.69 Å². The maximum Gasteiger partial charge on any atom is 0.265 e. The molecule has 0 aliphatic carbocycles. The summed E-state index contributed by atoms with van der Waals surface area (Å²) >= 11 is 5.88. The van der Waals surface area contributed by atoms with E-state index in [0.29, 0.717) is 17.2 Å². The maximum atomic E-state index is 12.5. The van der Waals surface area contributed by atoms with Gasteiger partial charge in [0.25, 0.3) is 10.0 Å². The fraction of sp³-hybridized carbons (Fsp3) is 0. The Hall–Kier alpha value is -2.57. The van der Waals surface area contributed by atoms with Crippen LogP contribution >= 0.6 is 11.6 Å². The van der Waals surface area contributed by atoms with Gasteiger partial charge in [0, 0.05) is 6.20 Å². The molecule has 3 aromatic rings. The Morgan fingerprint density at radius 1 is 0.917 bits per heavy atom. The highest BCUT2D eigenvalue weighted by Gasteiger charge is 2.20. The van der Waals surface area contributed by atoms with Crippen LogP contribution in [0.2, 0.25) is 5.15 Å². The number of hydrogen-bond donors (Lipinski definition) is 1. The highest BCUT2D eigenvalue weighted by molar-refractivity contribution is 7.92. The molecule has 3 rings (SSSR count). The summed E-state index contributed by atoms with van der Waals surface area (Å²) < 4.78 is 33.3. The predicted octanol–water partition coefficient (Wildman–Crippen LogP) is 4.33. The first kappa shape index (κ1) is 16.3. The minimum Gasteiger partial charge on any atom is -0.455 e. The van der Waals surface area contributed by atoms with Crippen LogP contribution in [0.5, 0.6) is 11.5 Å². The number of sulfonamides is 1. The molecule has 24 heavy (non-hydrogen) atoms. The van der Waals surface area contributed by atoms with E-state index < -0.39 is 10.0 Å². The number of halogens is 1. The minimum atomic E-state index is -3.88. The lowest BCUT2D eigenvalue weighted by atomic mass is 10.3. The van der Waals surface area contributed by atoms with Crippen LogP contribution in [0.15, 0.2) is 77.8 Å². The predicted molar refractivity (Wildman–Crippen MR) is 93.0 cm³/mol. The molecule has 1 heterocycles. The number of para-hydroxylation sites is 3. The van der Waals surface area contributed by atoms with Gasteiger partial charge in [-0.3, -0.25) is 4.72 Å². The van der Waals surface area contributed by atoms with Crippen molar-refractivity contribution in [2.45, 2.75) is 4.90 Å². The maximum absolute atomic E-state index is 12.5. The Balaban J connectivity index is 1.92. The van der Waals surface area contributed by atoms with Crippen LogP contribution in [-0.2, 0) is 10.0 Å². The van der Waals surface area contributed by atoms with Gasteiger partial charge in [0.1, 0.15) is 15.8 Å². The summed E-state index contributed by atoms with van der Waals surface area (Å²) in [6.45, 7) is 0. The van der Waals surface area contributed by atoms with Crippen molar-refractivity contribution in [2.24, 2.45) is 0 Å². The van der Waals surface area contributed by atoms with Gasteiger partial charge in [-0.1, -0.05) is 41.9 Å². The van der Waals surface area contributed by atoms with E-state index in [-0.39, 0.29) is 10.0 Å². The summed E-state index contributed by atoms with van der Waals surface area (Å²) in [7, 11) is -3.88. The zero-order chi connectivity index (χ0) is 17.0. The normalized spacial score (nSPS) is 11.0. The fourth-order valence-corrected chi connectivity index (χ4v) is 3.55. The van der Waals surface area contributed by atoms with Crippen LogP contribution in [0, 0.1) is 0 Å². The molecule has 1 N–H and O–H groups in total. The molecule has 0 aliphatic heterocycles. The number of rotatable bonds is 5. The van der Waals surface area contributed by atoms with E-state index in [9.17, 15) is 8.42 Å². The summed E-state index contributed by atoms with van der Waals surface area (Å²) in [6, 6.07) is 18.7. The van der Waals surface area contributed by atoms with Gasteiger partial charge < -0.3 is 4.74 Å². The number of nitrogens with zero attached hydrogens (tertiary/aromatic N) is 1. The Morgan fingerprint density at radius 3 is 2.38 bits per heavy atom. The van der Waals surface area contributed by atoms with E-state index in [1.165, 1.54) is 18.3 Å². The number of aromatic nitrogens is 1. The Labute approximate surface area is 144 Å². The Morgan fingerprint density at radius 2 is 1.62 bits per heavy atom. The lowest BCUT2D eigenvalue weighted by molar-refractivity contribution is 0.485. The van der Waals surface area contributed by atoms with Crippen molar-refractivity contribution in [3.63, 3.8) is 0 Å². The van der Waals surface area contributed by atoms with Crippen molar-refractivity contribution in [1.82, 2.24) is 4.98 Å². The molecule has 122 valence electrons. The Kier molecular flexibility index (Phi) is 4.69. The lowest BCUT2D eigenvalue weighted by Gasteiger charge is -2.13. The number of hydrogen-bond acceptors (Lipinski definition) is 4. The van der Waals surface area contributed by atoms with Crippen molar-refractivity contribution in [3.8, 4) is 11.5 Å². The second-order valence-electron chi connectivity index (χ2n) is 4.81. The van der Waals surface area contributed by atoms with E-state index in [0.717, 1.165) is 0 Å². The van der Waals surface area contributed by atoms with Crippen molar-refractivity contribution >= 4 is 27.3 Å². The first-order chi connectivity index (χ1) is 11.6. The summed E-state index contributed by atoms with van der Waals surface area (Å²) in [5, 5.41) is -0.0912. The third-order valence-corrected chi connectivity index (χ3v) is 4.93. The zero-order valence-corrected chi connectivity index (χ0v) is 14.0. The van der Waals surface area contributed by atoms with E-state index in [1.54, 1.807) is 36.4 Å². The standard InChI is InChI=1S/C17H13ClN2O3S/c18-17-16(11-6-12-19-17)24(21,22)20-14-9-4-5-10-15(14)23-13-7-2-1-3-8-13/h1-12,20H. The summed E-state index contributed by atoms with van der Waals surface area (Å²) in [5.41, 5.74) is 0.307. The van der Waals surface area contributed by atoms with Crippen molar-refractivity contribution in [2.75, 3.05) is 4.72 Å². The highest BCUT2D eigenvalue weighted by atomic mass is 35.5. The van der Waals surface area contributed by atoms with Gasteiger partial charge in [-0.2, -0.15) is 0 Å². The molecule has 7 heteroatoms. The van der Waals surface area contributed by atoms with Crippen LogP contribution in [0.1, 0.15) is 0 Å². The molecule has 0 saturated heterocycles. The first-order valence-electron chi connectivity index (χ1n) is 7.01. The van der Waals surface area contributed by atoms with Crippen LogP contribution in [0.25, 0.3) is 0 Å². The lowest BCUT2D eigenvalue weighted by Crippen LogP contribution is -2.14. The first-order valence-corrected chi connectivity index (χ1v) is 8.88. The van der Waals surface area contributed by atoms with E-state index >= 15 is 0 Å². The van der Waals surface area contributed by atoms with Crippen LogP contribution in [-0.4, -0.2) is 13.4 Å². The van der Waals surface area contributed by atoms with Crippen LogP contribution in [0.3, 0.4) is 0 Å². The number of nitrogens with one attached hydrogen (secondary N) is 1. The number of pyridine rings is 1. The topological polar surface area (TPSA) is 68.3 Å². The molecular weight excluding hydrogens is 348 g/mol. The molecule has 2 aromatic carbocycles. The summed E-state index contributed by atoms with van der Waals surface area (Å²) in [5.74, 6) is 0.982. The molecule has 0 atom stereocenters.